The second-order valence-corrected chi connectivity index (χ2v) is 10.6. The Morgan fingerprint density at radius 2 is 1.42 bits per heavy atom. The van der Waals surface area contributed by atoms with Gasteiger partial charge in [-0.1, -0.05) is 69.6 Å². The van der Waals surface area contributed by atoms with Crippen LogP contribution in [0.15, 0.2) is 46.6 Å². The van der Waals surface area contributed by atoms with Gasteiger partial charge in [0.1, 0.15) is 5.69 Å². The molecule has 1 N–H and O–H groups in total. The van der Waals surface area contributed by atoms with Gasteiger partial charge in [-0.2, -0.15) is 12.6 Å². The van der Waals surface area contributed by atoms with Crippen LogP contribution in [0.3, 0.4) is 0 Å². The normalized spacial score (nSPS) is 10.5. The van der Waals surface area contributed by atoms with Gasteiger partial charge in [-0.15, -0.1) is 0 Å². The van der Waals surface area contributed by atoms with Crippen LogP contribution in [0.1, 0.15) is 10.5 Å². The summed E-state index contributed by atoms with van der Waals surface area (Å²) in [4.78, 5) is 16.2. The summed E-state index contributed by atoms with van der Waals surface area (Å²) in [5, 5.41) is 5.18. The lowest BCUT2D eigenvalue weighted by atomic mass is 10.4. The zero-order chi connectivity index (χ0) is 24.5. The van der Waals surface area contributed by atoms with E-state index in [0.717, 1.165) is 24.1 Å². The lowest BCUT2D eigenvalue weighted by Crippen LogP contribution is -2.26. The van der Waals surface area contributed by atoms with Gasteiger partial charge in [-0.25, -0.2) is 8.61 Å². The highest BCUT2D eigenvalue weighted by atomic mass is 35.5. The van der Waals surface area contributed by atoms with Crippen LogP contribution in [-0.4, -0.2) is 27.8 Å². The molecular weight excluding hydrogens is 611 g/mol. The topological polar surface area (TPSA) is 56.2 Å². The monoisotopic (exact) mass is 623 g/mol. The van der Waals surface area contributed by atoms with Crippen molar-refractivity contribution in [2.75, 3.05) is 12.3 Å². The van der Waals surface area contributed by atoms with Crippen molar-refractivity contribution in [3.05, 3.63) is 72.6 Å². The lowest BCUT2D eigenvalue weighted by molar-refractivity contribution is 0.0948. The molecule has 0 aliphatic heterocycles. The molecule has 1 aromatic heterocycles. The first kappa shape index (κ1) is 29.1. The number of aryl methyl sites for hydroxylation is 1. The molecule has 0 unspecified atom stereocenters. The zero-order valence-corrected chi connectivity index (χ0v) is 23.7. The van der Waals surface area contributed by atoms with Crippen molar-refractivity contribution in [2.24, 2.45) is 7.05 Å². The van der Waals surface area contributed by atoms with E-state index in [-0.39, 0.29) is 5.91 Å². The van der Waals surface area contributed by atoms with Gasteiger partial charge in [0.15, 0.2) is 0 Å². The Kier molecular flexibility index (Phi) is 12.7. The number of hydrogen-bond donors (Lipinski definition) is 2. The fraction of sp³-hybridized carbons (Fsp3) is 0.158. The number of aromatic nitrogens is 2. The van der Waals surface area contributed by atoms with Gasteiger partial charge >= 0.3 is 0 Å². The van der Waals surface area contributed by atoms with Gasteiger partial charge in [-0.3, -0.25) is 4.79 Å². The molecule has 14 heteroatoms. The van der Waals surface area contributed by atoms with Gasteiger partial charge in [0.05, 0.1) is 42.4 Å². The van der Waals surface area contributed by atoms with Gasteiger partial charge in [0.25, 0.3) is 5.91 Å². The number of imidazole rings is 1. The fourth-order valence-electron chi connectivity index (χ4n) is 2.14. The highest BCUT2D eigenvalue weighted by Crippen LogP contribution is 2.43. The number of hydrogen-bond acceptors (Lipinski definition) is 6. The van der Waals surface area contributed by atoms with E-state index in [1.807, 2.05) is 0 Å². The molecule has 5 nitrogen and oxygen atoms in total. The smallest absolute Gasteiger partial charge is 0.269 e. The molecule has 178 valence electrons. The molecule has 33 heavy (non-hydrogen) atoms. The molecule has 2 aromatic carbocycles. The van der Waals surface area contributed by atoms with Crippen molar-refractivity contribution < 1.29 is 8.42 Å². The first-order valence-corrected chi connectivity index (χ1v) is 13.2. The third kappa shape index (κ3) is 9.11. The maximum atomic E-state index is 11.3. The molecule has 0 atom stereocenters. The van der Waals surface area contributed by atoms with Crippen LogP contribution in [0.4, 0.5) is 0 Å². The van der Waals surface area contributed by atoms with E-state index < -0.39 is 0 Å². The van der Waals surface area contributed by atoms with Crippen LogP contribution in [0.25, 0.3) is 0 Å². The van der Waals surface area contributed by atoms with E-state index in [1.165, 1.54) is 6.20 Å². The quantitative estimate of drug-likeness (QED) is 0.204. The second kappa shape index (κ2) is 14.4. The van der Waals surface area contributed by atoms with Crippen molar-refractivity contribution in [3.63, 3.8) is 0 Å². The third-order valence-corrected chi connectivity index (χ3v) is 7.67. The van der Waals surface area contributed by atoms with Crippen LogP contribution >= 0.6 is 106 Å². The van der Waals surface area contributed by atoms with Gasteiger partial charge in [0, 0.05) is 53.5 Å². The Bertz CT molecular complexity index is 1010. The summed E-state index contributed by atoms with van der Waals surface area (Å²) in [5.41, 5.74) is 0.566. The first-order valence-electron chi connectivity index (χ1n) is 8.79. The lowest BCUT2D eigenvalue weighted by Gasteiger charge is -2.08. The zero-order valence-electron chi connectivity index (χ0n) is 16.6. The molecule has 3 rings (SSSR count). The molecule has 0 fully saturated rings. The SMILES string of the molecule is Clc1cc(Cl)c(SOSc2c(Cl)cc(Cl)cc2Cl)c(Cl)c1.Cn1cncc1C(=O)NCCS. The van der Waals surface area contributed by atoms with E-state index in [4.69, 9.17) is 73.2 Å². The largest absolute Gasteiger partial charge is 0.350 e. The van der Waals surface area contributed by atoms with E-state index in [1.54, 1.807) is 42.2 Å². The highest BCUT2D eigenvalue weighted by molar-refractivity contribution is 8.08. The summed E-state index contributed by atoms with van der Waals surface area (Å²) < 4.78 is 7.09. The molecule has 0 spiro atoms. The highest BCUT2D eigenvalue weighted by Gasteiger charge is 2.13. The third-order valence-electron chi connectivity index (χ3n) is 3.61. The van der Waals surface area contributed by atoms with Gasteiger partial charge in [-0.05, 0) is 24.3 Å². The van der Waals surface area contributed by atoms with Crippen molar-refractivity contribution in [1.82, 2.24) is 14.9 Å². The van der Waals surface area contributed by atoms with E-state index in [9.17, 15) is 4.79 Å². The maximum absolute atomic E-state index is 11.3. The molecule has 0 bridgehead atoms. The molecule has 0 saturated carbocycles. The summed E-state index contributed by atoms with van der Waals surface area (Å²) in [7, 11) is 1.78. The predicted octanol–water partition coefficient (Wildman–Crippen LogP) is 8.42. The molecule has 0 radical (unpaired) electrons. The first-order chi connectivity index (χ1) is 15.6. The summed E-state index contributed by atoms with van der Waals surface area (Å²) in [6.45, 7) is 0.577. The minimum absolute atomic E-state index is 0.107. The number of rotatable bonds is 7. The number of nitrogens with one attached hydrogen (secondary N) is 1. The number of carbonyl (C=O) groups is 1. The average Bonchev–Trinajstić information content (AvgIpc) is 3.16. The maximum Gasteiger partial charge on any atom is 0.269 e. The van der Waals surface area contributed by atoms with Crippen LogP contribution in [0, 0.1) is 0 Å². The molecular formula is C19H15Cl6N3O2S3. The Balaban J connectivity index is 0.000000273. The average molecular weight is 626 g/mol. The number of carbonyl (C=O) groups excluding carboxylic acids is 1. The number of amides is 1. The molecule has 1 amide bonds. The number of nitrogens with zero attached hydrogens (tertiary/aromatic N) is 2. The Labute approximate surface area is 235 Å². The Morgan fingerprint density at radius 3 is 1.79 bits per heavy atom. The van der Waals surface area contributed by atoms with Crippen LogP contribution in [-0.2, 0) is 10.7 Å². The minimum Gasteiger partial charge on any atom is -0.350 e. The van der Waals surface area contributed by atoms with E-state index >= 15 is 0 Å². The molecule has 1 heterocycles. The molecule has 0 aliphatic rings. The summed E-state index contributed by atoms with van der Waals surface area (Å²) in [6.07, 6.45) is 3.13. The van der Waals surface area contributed by atoms with E-state index in [0.29, 0.717) is 57.9 Å². The standard InChI is InChI=1S/C12H4Cl6OS2.C7H11N3OS/c13-5-1-7(15)11(8(16)2-5)20-19-21-12-9(17)3-6(14)4-10(12)18;1-10-5-8-4-6(10)7(11)9-2-3-12/h1-4H;4-5,12H,2-3H2,1H3,(H,9,11). The summed E-state index contributed by atoms with van der Waals surface area (Å²) in [5.74, 6) is 0.535. The second-order valence-electron chi connectivity index (χ2n) is 6.00. The molecule has 3 aromatic rings. The van der Waals surface area contributed by atoms with Gasteiger partial charge in [0.2, 0.25) is 0 Å². The minimum atomic E-state index is -0.107. The van der Waals surface area contributed by atoms with Crippen molar-refractivity contribution in [3.8, 4) is 0 Å². The predicted molar refractivity (Wildman–Crippen MR) is 145 cm³/mol. The van der Waals surface area contributed by atoms with Crippen LogP contribution in [0.2, 0.25) is 30.1 Å². The van der Waals surface area contributed by atoms with Crippen molar-refractivity contribution in [1.29, 1.82) is 0 Å². The summed E-state index contributed by atoms with van der Waals surface area (Å²) in [6, 6.07) is 6.31. The Hall–Kier alpha value is -0.130. The van der Waals surface area contributed by atoms with Gasteiger partial charge < -0.3 is 9.88 Å². The molecule has 0 aliphatic carbocycles. The van der Waals surface area contributed by atoms with E-state index in [2.05, 4.69) is 22.9 Å². The Morgan fingerprint density at radius 1 is 0.970 bits per heavy atom. The molecule has 0 saturated heterocycles. The summed E-state index contributed by atoms with van der Waals surface area (Å²) >= 11 is 41.8. The van der Waals surface area contributed by atoms with Crippen LogP contribution < -0.4 is 5.32 Å². The number of thiol groups is 1. The van der Waals surface area contributed by atoms with Crippen molar-refractivity contribution >= 4 is 112 Å². The van der Waals surface area contributed by atoms with Crippen LogP contribution in [0.5, 0.6) is 0 Å². The number of halogens is 6. The fourth-order valence-corrected chi connectivity index (χ4v) is 5.50. The van der Waals surface area contributed by atoms with Crippen molar-refractivity contribution in [2.45, 2.75) is 9.79 Å². The number of benzene rings is 2.